The number of halogens is 1. The Hall–Kier alpha value is -4.24. The lowest BCUT2D eigenvalue weighted by Gasteiger charge is -2.10. The quantitative estimate of drug-likeness (QED) is 0.265. The highest BCUT2D eigenvalue weighted by Gasteiger charge is 2.22. The monoisotopic (exact) mass is 525 g/mol. The number of benzene rings is 3. The van der Waals surface area contributed by atoms with Crippen LogP contribution in [0.1, 0.15) is 17.6 Å². The average Bonchev–Trinajstić information content (AvgIpc) is 3.71. The highest BCUT2D eigenvalue weighted by Crippen LogP contribution is 2.32. The van der Waals surface area contributed by atoms with Gasteiger partial charge in [0, 0.05) is 22.0 Å². The van der Waals surface area contributed by atoms with Crippen LogP contribution in [0, 0.1) is 0 Å². The number of nitrogens with one attached hydrogen (secondary N) is 1. The zero-order valence-corrected chi connectivity index (χ0v) is 21.1. The van der Waals surface area contributed by atoms with Crippen LogP contribution in [0.15, 0.2) is 95.8 Å². The van der Waals surface area contributed by atoms with Crippen LogP contribution in [-0.2, 0) is 16.0 Å². The molecule has 190 valence electrons. The van der Waals surface area contributed by atoms with Gasteiger partial charge in [0.25, 0.3) is 0 Å². The van der Waals surface area contributed by atoms with Crippen LogP contribution in [0.4, 0.5) is 11.5 Å². The molecule has 0 unspecified atom stereocenters. The maximum absolute atomic E-state index is 5.99. The molecule has 1 N–H and O–H groups in total. The van der Waals surface area contributed by atoms with Gasteiger partial charge in [-0.25, -0.2) is 9.97 Å². The second-order valence-corrected chi connectivity index (χ2v) is 8.92. The van der Waals surface area contributed by atoms with Gasteiger partial charge in [-0.1, -0.05) is 36.4 Å². The van der Waals surface area contributed by atoms with Gasteiger partial charge in [-0.2, -0.15) is 5.10 Å². The van der Waals surface area contributed by atoms with Crippen molar-refractivity contribution >= 4 is 45.7 Å². The van der Waals surface area contributed by atoms with E-state index in [4.69, 9.17) is 13.9 Å². The van der Waals surface area contributed by atoms with E-state index in [0.717, 1.165) is 51.2 Å². The number of furan rings is 1. The van der Waals surface area contributed by atoms with Crippen LogP contribution in [0.3, 0.4) is 0 Å². The summed E-state index contributed by atoms with van der Waals surface area (Å²) in [5.41, 5.74) is 4.97. The molecule has 1 aliphatic heterocycles. The van der Waals surface area contributed by atoms with E-state index in [1.54, 1.807) is 6.33 Å². The van der Waals surface area contributed by atoms with E-state index < -0.39 is 6.29 Å². The predicted octanol–water partition coefficient (Wildman–Crippen LogP) is 6.50. The van der Waals surface area contributed by atoms with Gasteiger partial charge in [0.05, 0.1) is 37.0 Å². The smallest absolute Gasteiger partial charge is 0.217 e. The first-order chi connectivity index (χ1) is 18.3. The van der Waals surface area contributed by atoms with Gasteiger partial charge >= 0.3 is 0 Å². The second-order valence-electron chi connectivity index (χ2n) is 8.92. The van der Waals surface area contributed by atoms with Crippen LogP contribution in [-0.4, -0.2) is 33.0 Å². The highest BCUT2D eigenvalue weighted by molar-refractivity contribution is 5.94. The number of aromatic nitrogens is 4. The number of ether oxygens (including phenoxy) is 2. The summed E-state index contributed by atoms with van der Waals surface area (Å²) in [7, 11) is 0. The summed E-state index contributed by atoms with van der Waals surface area (Å²) in [6.45, 7) is 1.88. The van der Waals surface area contributed by atoms with Crippen molar-refractivity contribution in [1.82, 2.24) is 19.7 Å². The summed E-state index contributed by atoms with van der Waals surface area (Å²) in [5, 5.41) is 10.0. The number of anilines is 2. The van der Waals surface area contributed by atoms with Crippen molar-refractivity contribution in [3.63, 3.8) is 0 Å². The molecule has 0 radical (unpaired) electrons. The van der Waals surface area contributed by atoms with E-state index >= 15 is 0 Å². The van der Waals surface area contributed by atoms with Crippen LogP contribution in [0.25, 0.3) is 33.1 Å². The van der Waals surface area contributed by atoms with Crippen LogP contribution in [0.5, 0.6) is 0 Å². The summed E-state index contributed by atoms with van der Waals surface area (Å²) < 4.78 is 19.1. The Morgan fingerprint density at radius 2 is 1.76 bits per heavy atom. The molecule has 1 aliphatic rings. The standard InChI is InChI=1S/C29H23N5O3.ClH/c1-2-4-19(5-3-1)17-34-25-9-7-22(14-21(25)16-32-34)33-28-23-8-6-20(15-24(23)30-18-31-28)26-10-11-27(37-26)29-35-12-13-36-29;/h1-11,14-16,18,29H,12-13,17H2,(H,30,31,33);1H. The van der Waals surface area contributed by atoms with Crippen molar-refractivity contribution in [2.45, 2.75) is 12.8 Å². The number of nitrogens with zero attached hydrogens (tertiary/aromatic N) is 4. The van der Waals surface area contributed by atoms with Gasteiger partial charge in [0.2, 0.25) is 6.29 Å². The summed E-state index contributed by atoms with van der Waals surface area (Å²) in [4.78, 5) is 8.99. The lowest BCUT2D eigenvalue weighted by Crippen LogP contribution is -2.01. The van der Waals surface area contributed by atoms with Crippen LogP contribution >= 0.6 is 12.4 Å². The van der Waals surface area contributed by atoms with Crippen molar-refractivity contribution in [3.8, 4) is 11.3 Å². The SMILES string of the molecule is Cl.c1ccc(Cn2ncc3cc(Nc4ncnc5cc(-c6ccc(C7OCCO7)o6)ccc45)ccc32)cc1. The van der Waals surface area contributed by atoms with Gasteiger partial charge < -0.3 is 19.2 Å². The molecule has 0 atom stereocenters. The van der Waals surface area contributed by atoms with Gasteiger partial charge in [0.1, 0.15) is 17.9 Å². The molecule has 1 saturated heterocycles. The van der Waals surface area contributed by atoms with E-state index in [2.05, 4.69) is 44.6 Å². The molecule has 6 aromatic rings. The molecule has 38 heavy (non-hydrogen) atoms. The van der Waals surface area contributed by atoms with Crippen molar-refractivity contribution < 1.29 is 13.9 Å². The summed E-state index contributed by atoms with van der Waals surface area (Å²) >= 11 is 0. The van der Waals surface area contributed by atoms with Gasteiger partial charge in [-0.3, -0.25) is 4.68 Å². The van der Waals surface area contributed by atoms with E-state index in [0.29, 0.717) is 19.0 Å². The molecule has 0 amide bonds. The predicted molar refractivity (Wildman–Crippen MR) is 148 cm³/mol. The van der Waals surface area contributed by atoms with Crippen molar-refractivity contribution in [2.75, 3.05) is 18.5 Å². The molecular formula is C29H24ClN5O3. The number of hydrogen-bond donors (Lipinski definition) is 1. The Labute approximate surface area is 224 Å². The van der Waals surface area contributed by atoms with Crippen molar-refractivity contribution in [1.29, 1.82) is 0 Å². The lowest BCUT2D eigenvalue weighted by atomic mass is 10.1. The number of hydrogen-bond acceptors (Lipinski definition) is 7. The third-order valence-corrected chi connectivity index (χ3v) is 6.48. The van der Waals surface area contributed by atoms with E-state index in [9.17, 15) is 0 Å². The maximum Gasteiger partial charge on any atom is 0.217 e. The van der Waals surface area contributed by atoms with Crippen LogP contribution in [0.2, 0.25) is 0 Å². The Morgan fingerprint density at radius 3 is 2.63 bits per heavy atom. The van der Waals surface area contributed by atoms with Gasteiger partial charge in [-0.15, -0.1) is 12.4 Å². The summed E-state index contributed by atoms with van der Waals surface area (Å²) in [6, 6.07) is 26.4. The maximum atomic E-state index is 5.99. The van der Waals surface area contributed by atoms with Crippen LogP contribution < -0.4 is 5.32 Å². The first kappa shape index (κ1) is 24.1. The largest absolute Gasteiger partial charge is 0.456 e. The minimum atomic E-state index is -0.435. The molecule has 1 fully saturated rings. The first-order valence-electron chi connectivity index (χ1n) is 12.1. The molecular weight excluding hydrogens is 502 g/mol. The van der Waals surface area contributed by atoms with E-state index in [1.807, 2.05) is 65.5 Å². The lowest BCUT2D eigenvalue weighted by molar-refractivity contribution is -0.0585. The molecule has 0 bridgehead atoms. The Kier molecular flexibility index (Phi) is 6.51. The second kappa shape index (κ2) is 10.3. The number of rotatable bonds is 6. The zero-order chi connectivity index (χ0) is 24.6. The Bertz CT molecular complexity index is 1710. The average molecular weight is 526 g/mol. The molecule has 0 spiro atoms. The fourth-order valence-corrected chi connectivity index (χ4v) is 4.65. The summed E-state index contributed by atoms with van der Waals surface area (Å²) in [6.07, 6.45) is 3.03. The fraction of sp³-hybridized carbons (Fsp3) is 0.138. The molecule has 8 nitrogen and oxygen atoms in total. The third kappa shape index (κ3) is 4.61. The highest BCUT2D eigenvalue weighted by atomic mass is 35.5. The number of fused-ring (bicyclic) bond motifs is 2. The minimum Gasteiger partial charge on any atom is -0.456 e. The molecule has 9 heteroatoms. The third-order valence-electron chi connectivity index (χ3n) is 6.48. The normalized spacial score (nSPS) is 13.7. The first-order valence-corrected chi connectivity index (χ1v) is 12.1. The topological polar surface area (TPSA) is 87.2 Å². The summed E-state index contributed by atoms with van der Waals surface area (Å²) in [5.74, 6) is 2.14. The van der Waals surface area contributed by atoms with Gasteiger partial charge in [-0.05, 0) is 48.0 Å². The minimum absolute atomic E-state index is 0. The molecule has 0 saturated carbocycles. The van der Waals surface area contributed by atoms with Crippen molar-refractivity contribution in [2.24, 2.45) is 0 Å². The zero-order valence-electron chi connectivity index (χ0n) is 20.3. The molecule has 7 rings (SSSR count). The van der Waals surface area contributed by atoms with E-state index in [-0.39, 0.29) is 12.4 Å². The Balaban J connectivity index is 0.00000264. The molecule has 0 aliphatic carbocycles. The van der Waals surface area contributed by atoms with Gasteiger partial charge in [0.15, 0.2) is 5.76 Å². The molecule has 4 heterocycles. The van der Waals surface area contributed by atoms with Crippen molar-refractivity contribution in [3.05, 3.63) is 103 Å². The molecule has 3 aromatic heterocycles. The fourth-order valence-electron chi connectivity index (χ4n) is 4.65. The molecule has 3 aromatic carbocycles. The van der Waals surface area contributed by atoms with E-state index in [1.165, 1.54) is 5.56 Å². The Morgan fingerprint density at radius 1 is 0.895 bits per heavy atom.